The lowest BCUT2D eigenvalue weighted by Crippen LogP contribution is -2.53. The van der Waals surface area contributed by atoms with Crippen molar-refractivity contribution in [1.82, 2.24) is 10.2 Å². The van der Waals surface area contributed by atoms with Crippen LogP contribution in [0, 0.1) is 13.8 Å². The molecule has 0 bridgehead atoms. The Morgan fingerprint density at radius 3 is 2.12 bits per heavy atom. The summed E-state index contributed by atoms with van der Waals surface area (Å²) >= 11 is 0. The van der Waals surface area contributed by atoms with Gasteiger partial charge in [0.15, 0.2) is 0 Å². The summed E-state index contributed by atoms with van der Waals surface area (Å²) in [6.07, 6.45) is 4.43. The molecular formula is C35H45N3O4S. The van der Waals surface area contributed by atoms with Gasteiger partial charge in [-0.15, -0.1) is 0 Å². The quantitative estimate of drug-likeness (QED) is 0.257. The Labute approximate surface area is 257 Å². The summed E-state index contributed by atoms with van der Waals surface area (Å²) in [5.74, 6) is -0.350. The number of nitrogens with zero attached hydrogens (tertiary/aromatic N) is 2. The summed E-state index contributed by atoms with van der Waals surface area (Å²) in [5, 5.41) is 3.16. The Morgan fingerprint density at radius 2 is 1.53 bits per heavy atom. The van der Waals surface area contributed by atoms with Gasteiger partial charge in [0.05, 0.1) is 10.6 Å². The third-order valence-electron chi connectivity index (χ3n) is 8.43. The first-order chi connectivity index (χ1) is 20.5. The number of carbonyl (C=O) groups excluding carboxylic acids is 2. The minimum absolute atomic E-state index is 0.106. The molecule has 0 aliphatic heterocycles. The molecule has 1 fully saturated rings. The molecule has 2 amide bonds. The van der Waals surface area contributed by atoms with E-state index < -0.39 is 28.5 Å². The highest BCUT2D eigenvalue weighted by atomic mass is 32.2. The fourth-order valence-corrected chi connectivity index (χ4v) is 7.06. The summed E-state index contributed by atoms with van der Waals surface area (Å²) < 4.78 is 29.4. The normalized spacial score (nSPS) is 14.5. The van der Waals surface area contributed by atoms with Crippen molar-refractivity contribution in [2.24, 2.45) is 0 Å². The molecule has 1 aliphatic carbocycles. The van der Waals surface area contributed by atoms with E-state index in [4.69, 9.17) is 0 Å². The van der Waals surface area contributed by atoms with E-state index in [1.54, 1.807) is 41.3 Å². The van der Waals surface area contributed by atoms with Gasteiger partial charge in [-0.05, 0) is 80.0 Å². The van der Waals surface area contributed by atoms with Crippen LogP contribution in [0.1, 0.15) is 81.0 Å². The molecule has 43 heavy (non-hydrogen) atoms. The number of nitrogens with one attached hydrogen (secondary N) is 1. The molecule has 4 rings (SSSR count). The fourth-order valence-electron chi connectivity index (χ4n) is 5.65. The molecule has 0 spiro atoms. The highest BCUT2D eigenvalue weighted by Crippen LogP contribution is 2.27. The summed E-state index contributed by atoms with van der Waals surface area (Å²) in [5.41, 5.74) is 4.32. The van der Waals surface area contributed by atoms with Gasteiger partial charge < -0.3 is 10.2 Å². The molecule has 3 aromatic carbocycles. The fraction of sp³-hybridized carbons (Fsp3) is 0.429. The van der Waals surface area contributed by atoms with Crippen LogP contribution in [-0.2, 0) is 26.2 Å². The van der Waals surface area contributed by atoms with Gasteiger partial charge in [0.1, 0.15) is 12.6 Å². The van der Waals surface area contributed by atoms with Crippen LogP contribution in [0.2, 0.25) is 0 Å². The highest BCUT2D eigenvalue weighted by molar-refractivity contribution is 7.92. The van der Waals surface area contributed by atoms with E-state index in [2.05, 4.69) is 19.2 Å². The van der Waals surface area contributed by atoms with Crippen molar-refractivity contribution in [2.75, 3.05) is 10.8 Å². The van der Waals surface area contributed by atoms with Crippen LogP contribution in [0.5, 0.6) is 0 Å². The highest BCUT2D eigenvalue weighted by Gasteiger charge is 2.34. The average Bonchev–Trinajstić information content (AvgIpc) is 3.50. The zero-order valence-electron chi connectivity index (χ0n) is 26.0. The van der Waals surface area contributed by atoms with Gasteiger partial charge in [0.2, 0.25) is 11.8 Å². The molecule has 1 aliphatic rings. The second-order valence-corrected chi connectivity index (χ2v) is 13.8. The van der Waals surface area contributed by atoms with Crippen molar-refractivity contribution >= 4 is 27.5 Å². The van der Waals surface area contributed by atoms with Crippen LogP contribution < -0.4 is 9.62 Å². The first-order valence-corrected chi connectivity index (χ1v) is 16.8. The number of carbonyl (C=O) groups is 2. The van der Waals surface area contributed by atoms with Gasteiger partial charge in [0.25, 0.3) is 10.0 Å². The summed E-state index contributed by atoms with van der Waals surface area (Å²) in [7, 11) is -4.10. The molecule has 1 saturated carbocycles. The average molecular weight is 604 g/mol. The number of sulfonamides is 1. The van der Waals surface area contributed by atoms with Gasteiger partial charge in [-0.3, -0.25) is 13.9 Å². The van der Waals surface area contributed by atoms with Gasteiger partial charge in [0, 0.05) is 12.6 Å². The molecule has 0 heterocycles. The Kier molecular flexibility index (Phi) is 10.7. The molecule has 1 atom stereocenters. The number of aryl methyl sites for hydroxylation is 2. The van der Waals surface area contributed by atoms with Crippen molar-refractivity contribution in [2.45, 2.75) is 96.2 Å². The van der Waals surface area contributed by atoms with Gasteiger partial charge in [-0.1, -0.05) is 87.7 Å². The molecule has 3 aromatic rings. The van der Waals surface area contributed by atoms with E-state index in [1.165, 1.54) is 4.31 Å². The second-order valence-electron chi connectivity index (χ2n) is 11.9. The maximum Gasteiger partial charge on any atom is 0.264 e. The molecular weight excluding hydrogens is 558 g/mol. The first-order valence-electron chi connectivity index (χ1n) is 15.3. The zero-order valence-corrected chi connectivity index (χ0v) is 26.9. The Hall–Kier alpha value is -3.65. The van der Waals surface area contributed by atoms with Crippen LogP contribution in [0.4, 0.5) is 5.69 Å². The number of rotatable bonds is 12. The van der Waals surface area contributed by atoms with E-state index in [9.17, 15) is 18.0 Å². The van der Waals surface area contributed by atoms with Crippen LogP contribution in [0.25, 0.3) is 0 Å². The van der Waals surface area contributed by atoms with Crippen LogP contribution >= 0.6 is 0 Å². The summed E-state index contributed by atoms with van der Waals surface area (Å²) in [6, 6.07) is 21.1. The minimum atomic E-state index is -4.10. The zero-order chi connectivity index (χ0) is 31.1. The van der Waals surface area contributed by atoms with E-state index >= 15 is 0 Å². The summed E-state index contributed by atoms with van der Waals surface area (Å²) in [6.45, 7) is 9.68. The maximum absolute atomic E-state index is 14.3. The van der Waals surface area contributed by atoms with Crippen LogP contribution in [-0.4, -0.2) is 43.8 Å². The maximum atomic E-state index is 14.3. The van der Waals surface area contributed by atoms with Gasteiger partial charge >= 0.3 is 0 Å². The molecule has 0 unspecified atom stereocenters. The number of hydrogen-bond acceptors (Lipinski definition) is 4. The molecule has 7 nitrogen and oxygen atoms in total. The second kappa shape index (κ2) is 14.2. The predicted molar refractivity (Wildman–Crippen MR) is 172 cm³/mol. The Bertz CT molecular complexity index is 1490. The third-order valence-corrected chi connectivity index (χ3v) is 10.2. The first kappa shape index (κ1) is 32.3. The van der Waals surface area contributed by atoms with Crippen LogP contribution in [0.3, 0.4) is 0 Å². The smallest absolute Gasteiger partial charge is 0.264 e. The number of benzene rings is 3. The van der Waals surface area contributed by atoms with Crippen molar-refractivity contribution in [3.63, 3.8) is 0 Å². The molecule has 0 radical (unpaired) electrons. The lowest BCUT2D eigenvalue weighted by molar-refractivity contribution is -0.140. The lowest BCUT2D eigenvalue weighted by Gasteiger charge is -2.34. The monoisotopic (exact) mass is 603 g/mol. The Morgan fingerprint density at radius 1 is 0.907 bits per heavy atom. The van der Waals surface area contributed by atoms with Crippen LogP contribution in [0.15, 0.2) is 77.7 Å². The molecule has 0 aromatic heterocycles. The Balaban J connectivity index is 1.73. The number of amides is 2. The SMILES string of the molecule is CC[C@H](C(=O)NC1CCCC1)N(Cc1ccccc1C)C(=O)CN(c1ccc(C(C)C)cc1)S(=O)(=O)c1ccc(C)cc1. The molecule has 0 saturated heterocycles. The van der Waals surface area contributed by atoms with E-state index in [0.717, 1.165) is 47.9 Å². The molecule has 1 N–H and O–H groups in total. The van der Waals surface area contributed by atoms with Crippen molar-refractivity contribution < 1.29 is 18.0 Å². The third kappa shape index (κ3) is 7.85. The minimum Gasteiger partial charge on any atom is -0.352 e. The number of anilines is 1. The van der Waals surface area contributed by atoms with E-state index in [-0.39, 0.29) is 29.3 Å². The number of hydrogen-bond donors (Lipinski definition) is 1. The van der Waals surface area contributed by atoms with Crippen molar-refractivity contribution in [3.8, 4) is 0 Å². The predicted octanol–water partition coefficient (Wildman–Crippen LogP) is 6.49. The van der Waals surface area contributed by atoms with E-state index in [1.807, 2.05) is 57.2 Å². The largest absolute Gasteiger partial charge is 0.352 e. The standard InChI is InChI=1S/C35H45N3O4S/c1-6-33(35(40)36-30-13-9-10-14-30)37(23-29-12-8-7-11-27(29)5)34(39)24-38(31-19-17-28(18-20-31)25(2)3)43(41,42)32-21-15-26(4)16-22-32/h7-8,11-12,15-22,25,30,33H,6,9-10,13-14,23-24H2,1-5H3,(H,36,40)/t33-/m1/s1. The van der Waals surface area contributed by atoms with Crippen molar-refractivity contribution in [3.05, 3.63) is 95.1 Å². The lowest BCUT2D eigenvalue weighted by atomic mass is 10.0. The van der Waals surface area contributed by atoms with Gasteiger partial charge in [-0.25, -0.2) is 8.42 Å². The molecule has 230 valence electrons. The van der Waals surface area contributed by atoms with Gasteiger partial charge in [-0.2, -0.15) is 0 Å². The van der Waals surface area contributed by atoms with Crippen molar-refractivity contribution in [1.29, 1.82) is 0 Å². The van der Waals surface area contributed by atoms with E-state index in [0.29, 0.717) is 12.1 Å². The molecule has 8 heteroatoms. The summed E-state index contributed by atoms with van der Waals surface area (Å²) in [4.78, 5) is 29.6. The topological polar surface area (TPSA) is 86.8 Å².